The van der Waals surface area contributed by atoms with E-state index >= 15 is 0 Å². The van der Waals surface area contributed by atoms with E-state index in [0.29, 0.717) is 26.2 Å². The highest BCUT2D eigenvalue weighted by atomic mass is 127. The number of hydrogen-bond donors (Lipinski definition) is 1. The van der Waals surface area contributed by atoms with Gasteiger partial charge in [0.2, 0.25) is 5.91 Å². The van der Waals surface area contributed by atoms with Crippen molar-refractivity contribution in [2.24, 2.45) is 12.0 Å². The maximum Gasteiger partial charge on any atom is 0.246 e. The average molecular weight is 508 g/mol. The number of aliphatic imine (C=N–C) groups is 1. The molecule has 0 radical (unpaired) electrons. The normalized spacial score (nSPS) is 15.0. The third-order valence-corrected chi connectivity index (χ3v) is 4.90. The number of piperazine rings is 1. The van der Waals surface area contributed by atoms with Gasteiger partial charge in [-0.15, -0.1) is 24.0 Å². The molecule has 1 amide bonds. The van der Waals surface area contributed by atoms with Gasteiger partial charge in [0.1, 0.15) is 6.54 Å². The molecular formula is C19H25IN8O. The molecule has 0 saturated carbocycles. The highest BCUT2D eigenvalue weighted by Gasteiger charge is 2.27. The van der Waals surface area contributed by atoms with E-state index in [-0.39, 0.29) is 29.9 Å². The van der Waals surface area contributed by atoms with E-state index in [1.807, 2.05) is 42.7 Å². The van der Waals surface area contributed by atoms with Gasteiger partial charge in [0.05, 0.1) is 29.2 Å². The number of halogens is 1. The molecule has 0 spiro atoms. The third kappa shape index (κ3) is 4.52. The maximum atomic E-state index is 12.6. The second kappa shape index (κ2) is 9.25. The van der Waals surface area contributed by atoms with Gasteiger partial charge in [0, 0.05) is 46.5 Å². The van der Waals surface area contributed by atoms with Crippen molar-refractivity contribution >= 4 is 52.6 Å². The fourth-order valence-electron chi connectivity index (χ4n) is 3.48. The van der Waals surface area contributed by atoms with Crippen molar-refractivity contribution in [1.29, 1.82) is 0 Å². The lowest BCUT2D eigenvalue weighted by Gasteiger charge is -2.35. The largest absolute Gasteiger partial charge is 0.354 e. The highest BCUT2D eigenvalue weighted by Crippen LogP contribution is 2.16. The predicted octanol–water partition coefficient (Wildman–Crippen LogP) is 1.31. The van der Waals surface area contributed by atoms with Crippen molar-refractivity contribution in [2.75, 3.05) is 38.1 Å². The Morgan fingerprint density at radius 2 is 2.10 bits per heavy atom. The van der Waals surface area contributed by atoms with Crippen LogP contribution in [0.5, 0.6) is 0 Å². The molecule has 10 heteroatoms. The van der Waals surface area contributed by atoms with Gasteiger partial charge >= 0.3 is 0 Å². The van der Waals surface area contributed by atoms with E-state index in [1.165, 1.54) is 0 Å². The molecule has 1 fully saturated rings. The Labute approximate surface area is 186 Å². The molecule has 0 unspecified atom stereocenters. The standard InChI is InChI=1S/C19H24N8O.HI/c1-20-19(21-7-8-26-14-22-16-5-3-4-6-17(16)26)25-9-10-27(18(28)13-25)15-11-23-24(2)12-15;/h3-6,11-12,14H,7-10,13H2,1-2H3,(H,20,21);1H. The first-order valence-electron chi connectivity index (χ1n) is 9.30. The van der Waals surface area contributed by atoms with Crippen molar-refractivity contribution in [3.63, 3.8) is 0 Å². The van der Waals surface area contributed by atoms with Crippen molar-refractivity contribution in [3.05, 3.63) is 43.0 Å². The molecule has 1 aromatic carbocycles. The second-order valence-electron chi connectivity index (χ2n) is 6.74. The molecule has 4 rings (SSSR count). The van der Waals surface area contributed by atoms with Crippen LogP contribution in [0.1, 0.15) is 0 Å². The van der Waals surface area contributed by atoms with Crippen LogP contribution in [-0.2, 0) is 18.4 Å². The number of fused-ring (bicyclic) bond motifs is 1. The van der Waals surface area contributed by atoms with Crippen LogP contribution in [-0.4, -0.2) is 69.3 Å². The summed E-state index contributed by atoms with van der Waals surface area (Å²) in [6, 6.07) is 8.07. The van der Waals surface area contributed by atoms with Gasteiger partial charge in [-0.05, 0) is 12.1 Å². The molecule has 154 valence electrons. The van der Waals surface area contributed by atoms with Gasteiger partial charge in [0.15, 0.2) is 5.96 Å². The summed E-state index contributed by atoms with van der Waals surface area (Å²) < 4.78 is 3.82. The van der Waals surface area contributed by atoms with Gasteiger partial charge in [0.25, 0.3) is 0 Å². The van der Waals surface area contributed by atoms with Crippen LogP contribution in [0.3, 0.4) is 0 Å². The van der Waals surface area contributed by atoms with Crippen molar-refractivity contribution in [1.82, 2.24) is 29.5 Å². The summed E-state index contributed by atoms with van der Waals surface area (Å²) in [5.74, 6) is 0.784. The van der Waals surface area contributed by atoms with Crippen LogP contribution >= 0.6 is 24.0 Å². The van der Waals surface area contributed by atoms with Gasteiger partial charge < -0.3 is 19.7 Å². The van der Waals surface area contributed by atoms with E-state index in [4.69, 9.17) is 0 Å². The molecule has 0 aliphatic carbocycles. The number of imidazole rings is 1. The Hall–Kier alpha value is -2.63. The first-order chi connectivity index (χ1) is 13.7. The summed E-state index contributed by atoms with van der Waals surface area (Å²) in [5, 5.41) is 7.51. The van der Waals surface area contributed by atoms with E-state index in [9.17, 15) is 4.79 Å². The lowest BCUT2D eigenvalue weighted by atomic mass is 10.3. The summed E-state index contributed by atoms with van der Waals surface area (Å²) in [6.07, 6.45) is 5.43. The number of aromatic nitrogens is 4. The Morgan fingerprint density at radius 1 is 1.28 bits per heavy atom. The number of guanidine groups is 1. The molecule has 1 N–H and O–H groups in total. The van der Waals surface area contributed by atoms with Crippen LogP contribution in [0.25, 0.3) is 11.0 Å². The third-order valence-electron chi connectivity index (χ3n) is 4.90. The number of hydrogen-bond acceptors (Lipinski definition) is 4. The monoisotopic (exact) mass is 508 g/mol. The number of benzene rings is 1. The first kappa shape index (κ1) is 21.1. The number of nitrogens with one attached hydrogen (secondary N) is 1. The Balaban J connectivity index is 0.00000240. The van der Waals surface area contributed by atoms with Gasteiger partial charge in [-0.2, -0.15) is 5.10 Å². The molecule has 1 saturated heterocycles. The molecule has 0 bridgehead atoms. The molecule has 1 aliphatic heterocycles. The van der Waals surface area contributed by atoms with Crippen molar-refractivity contribution in [3.8, 4) is 0 Å². The van der Waals surface area contributed by atoms with E-state index in [1.54, 1.807) is 22.8 Å². The minimum absolute atomic E-state index is 0. The molecule has 2 aromatic heterocycles. The van der Waals surface area contributed by atoms with E-state index in [0.717, 1.165) is 29.2 Å². The summed E-state index contributed by atoms with van der Waals surface area (Å²) >= 11 is 0. The number of amides is 1. The smallest absolute Gasteiger partial charge is 0.246 e. The van der Waals surface area contributed by atoms with Crippen LogP contribution in [0.2, 0.25) is 0 Å². The molecule has 1 aliphatic rings. The zero-order valence-electron chi connectivity index (χ0n) is 16.5. The number of carbonyl (C=O) groups is 1. The maximum absolute atomic E-state index is 12.6. The van der Waals surface area contributed by atoms with Gasteiger partial charge in [-0.3, -0.25) is 14.5 Å². The number of carbonyl (C=O) groups excluding carboxylic acids is 1. The molecule has 3 heterocycles. The van der Waals surface area contributed by atoms with Gasteiger partial charge in [-0.1, -0.05) is 12.1 Å². The number of aryl methyl sites for hydroxylation is 1. The van der Waals surface area contributed by atoms with Gasteiger partial charge in [-0.25, -0.2) is 4.98 Å². The van der Waals surface area contributed by atoms with E-state index < -0.39 is 0 Å². The zero-order chi connectivity index (χ0) is 19.5. The van der Waals surface area contributed by atoms with Crippen LogP contribution in [0.4, 0.5) is 5.69 Å². The topological polar surface area (TPSA) is 83.6 Å². The lowest BCUT2D eigenvalue weighted by molar-refractivity contribution is -0.120. The van der Waals surface area contributed by atoms with Crippen LogP contribution < -0.4 is 10.2 Å². The first-order valence-corrected chi connectivity index (χ1v) is 9.30. The van der Waals surface area contributed by atoms with Crippen LogP contribution in [0.15, 0.2) is 48.0 Å². The quantitative estimate of drug-likeness (QED) is 0.327. The van der Waals surface area contributed by atoms with Crippen molar-refractivity contribution < 1.29 is 4.79 Å². The number of para-hydroxylation sites is 2. The molecule has 29 heavy (non-hydrogen) atoms. The predicted molar refractivity (Wildman–Crippen MR) is 124 cm³/mol. The number of rotatable bonds is 4. The van der Waals surface area contributed by atoms with E-state index in [2.05, 4.69) is 31.0 Å². The highest BCUT2D eigenvalue weighted by molar-refractivity contribution is 14.0. The summed E-state index contributed by atoms with van der Waals surface area (Å²) in [4.78, 5) is 25.1. The van der Waals surface area contributed by atoms with Crippen molar-refractivity contribution in [2.45, 2.75) is 6.54 Å². The Morgan fingerprint density at radius 3 is 2.83 bits per heavy atom. The fourth-order valence-corrected chi connectivity index (χ4v) is 3.48. The SMILES string of the molecule is CN=C(NCCn1cnc2ccccc21)N1CCN(c2cnn(C)c2)C(=O)C1.I. The fraction of sp³-hybridized carbons (Fsp3) is 0.368. The average Bonchev–Trinajstić information content (AvgIpc) is 3.31. The summed E-state index contributed by atoms with van der Waals surface area (Å²) in [5.41, 5.74) is 2.94. The summed E-state index contributed by atoms with van der Waals surface area (Å²) in [7, 11) is 3.59. The minimum Gasteiger partial charge on any atom is -0.354 e. The second-order valence-corrected chi connectivity index (χ2v) is 6.74. The number of anilines is 1. The molecule has 9 nitrogen and oxygen atoms in total. The Bertz CT molecular complexity index is 1010. The number of nitrogens with zero attached hydrogens (tertiary/aromatic N) is 7. The molecular weight excluding hydrogens is 483 g/mol. The zero-order valence-corrected chi connectivity index (χ0v) is 18.9. The van der Waals surface area contributed by atoms with Crippen LogP contribution in [0, 0.1) is 0 Å². The Kier molecular flexibility index (Phi) is 6.72. The minimum atomic E-state index is 0. The summed E-state index contributed by atoms with van der Waals surface area (Å²) in [6.45, 7) is 3.08. The lowest BCUT2D eigenvalue weighted by Crippen LogP contribution is -2.55. The molecule has 0 atom stereocenters. The molecule has 3 aromatic rings.